The number of carbonyl (C=O) groups excluding carboxylic acids is 2. The van der Waals surface area contributed by atoms with E-state index in [-0.39, 0.29) is 18.0 Å². The van der Waals surface area contributed by atoms with Crippen LogP contribution in [0.25, 0.3) is 11.3 Å². The van der Waals surface area contributed by atoms with Crippen LogP contribution in [-0.4, -0.2) is 42.8 Å². The molecule has 1 atom stereocenters. The quantitative estimate of drug-likeness (QED) is 0.428. The summed E-state index contributed by atoms with van der Waals surface area (Å²) in [5, 5.41) is 3.01. The van der Waals surface area contributed by atoms with Crippen LogP contribution in [0.3, 0.4) is 0 Å². The van der Waals surface area contributed by atoms with E-state index in [1.54, 1.807) is 48.5 Å². The molecule has 1 amide bonds. The van der Waals surface area contributed by atoms with E-state index in [9.17, 15) is 9.59 Å². The predicted molar refractivity (Wildman–Crippen MR) is 131 cm³/mol. The second kappa shape index (κ2) is 10.4. The molecule has 1 aliphatic rings. The summed E-state index contributed by atoms with van der Waals surface area (Å²) in [5.41, 5.74) is 3.72. The summed E-state index contributed by atoms with van der Waals surface area (Å²) in [6, 6.07) is 12.9. The zero-order chi connectivity index (χ0) is 24.2. The Morgan fingerprint density at radius 2 is 2.06 bits per heavy atom. The van der Waals surface area contributed by atoms with Crippen LogP contribution < -0.4 is 9.64 Å². The third-order valence-corrected chi connectivity index (χ3v) is 6.29. The van der Waals surface area contributed by atoms with Crippen molar-refractivity contribution in [3.05, 3.63) is 64.0 Å². The third-order valence-electron chi connectivity index (χ3n) is 5.38. The Balaban J connectivity index is 1.63. The number of fused-ring (bicyclic) bond motifs is 1. The van der Waals surface area contributed by atoms with Gasteiger partial charge in [-0.05, 0) is 56.7 Å². The standard InChI is InChI=1S/C26H28N2O5S/c1-16(2)32-26(30)20-7-5-6-18(12-20)14-28-22-13-19(8-9-23(22)33-17(3)25(28)29)21-15-34-24(27-21)10-11-31-4/h5-9,12-13,15-17H,10-11,14H2,1-4H3. The van der Waals surface area contributed by atoms with Crippen molar-refractivity contribution in [3.8, 4) is 17.0 Å². The molecule has 0 fully saturated rings. The molecule has 2 heterocycles. The van der Waals surface area contributed by atoms with Crippen LogP contribution in [0.4, 0.5) is 5.69 Å². The minimum Gasteiger partial charge on any atom is -0.479 e. The van der Waals surface area contributed by atoms with Crippen molar-refractivity contribution < 1.29 is 23.8 Å². The lowest BCUT2D eigenvalue weighted by Crippen LogP contribution is -2.44. The third kappa shape index (κ3) is 5.29. The molecule has 1 unspecified atom stereocenters. The number of hydrogen-bond acceptors (Lipinski definition) is 7. The summed E-state index contributed by atoms with van der Waals surface area (Å²) in [4.78, 5) is 31.9. The van der Waals surface area contributed by atoms with Crippen LogP contribution >= 0.6 is 11.3 Å². The average molecular weight is 481 g/mol. The number of esters is 1. The molecular weight excluding hydrogens is 452 g/mol. The van der Waals surface area contributed by atoms with E-state index < -0.39 is 6.10 Å². The van der Waals surface area contributed by atoms with Gasteiger partial charge in [0.05, 0.1) is 41.2 Å². The normalized spacial score (nSPS) is 15.3. The molecule has 3 aromatic rings. The molecule has 178 valence electrons. The van der Waals surface area contributed by atoms with Gasteiger partial charge in [0.25, 0.3) is 5.91 Å². The number of rotatable bonds is 8. The number of carbonyl (C=O) groups is 2. The van der Waals surface area contributed by atoms with Gasteiger partial charge in [0.1, 0.15) is 5.75 Å². The highest BCUT2D eigenvalue weighted by atomic mass is 32.1. The molecule has 0 saturated heterocycles. The highest BCUT2D eigenvalue weighted by Gasteiger charge is 2.32. The molecule has 0 aliphatic carbocycles. The number of nitrogens with zero attached hydrogens (tertiary/aromatic N) is 2. The zero-order valence-electron chi connectivity index (χ0n) is 19.7. The Hall–Kier alpha value is -3.23. The number of ether oxygens (including phenoxy) is 3. The van der Waals surface area contributed by atoms with Crippen LogP contribution in [-0.2, 0) is 27.2 Å². The molecule has 0 N–H and O–H groups in total. The van der Waals surface area contributed by atoms with Gasteiger partial charge in [0.2, 0.25) is 0 Å². The predicted octanol–water partition coefficient (Wildman–Crippen LogP) is 4.88. The molecular formula is C26H28N2O5S. The lowest BCUT2D eigenvalue weighted by atomic mass is 10.1. The van der Waals surface area contributed by atoms with Gasteiger partial charge in [0, 0.05) is 24.5 Å². The average Bonchev–Trinajstić information content (AvgIpc) is 3.29. The molecule has 0 radical (unpaired) electrons. The first-order valence-electron chi connectivity index (χ1n) is 11.2. The van der Waals surface area contributed by atoms with Gasteiger partial charge in [-0.3, -0.25) is 4.79 Å². The fourth-order valence-corrected chi connectivity index (χ4v) is 4.53. The van der Waals surface area contributed by atoms with E-state index in [1.165, 1.54) is 0 Å². The Morgan fingerprint density at radius 1 is 1.24 bits per heavy atom. The van der Waals surface area contributed by atoms with E-state index in [4.69, 9.17) is 19.2 Å². The number of amides is 1. The van der Waals surface area contributed by atoms with E-state index in [1.807, 2.05) is 43.5 Å². The van der Waals surface area contributed by atoms with Crippen LogP contribution in [0.2, 0.25) is 0 Å². The SMILES string of the molecule is COCCc1nc(-c2ccc3c(c2)N(Cc2cccc(C(=O)OC(C)C)c2)C(=O)C(C)O3)cs1. The lowest BCUT2D eigenvalue weighted by Gasteiger charge is -2.33. The minimum atomic E-state index is -0.604. The number of aromatic nitrogens is 1. The smallest absolute Gasteiger partial charge is 0.338 e. The van der Waals surface area contributed by atoms with Gasteiger partial charge in [-0.25, -0.2) is 9.78 Å². The van der Waals surface area contributed by atoms with E-state index >= 15 is 0 Å². The van der Waals surface area contributed by atoms with Gasteiger partial charge < -0.3 is 19.1 Å². The summed E-state index contributed by atoms with van der Waals surface area (Å²) in [6.45, 7) is 6.29. The van der Waals surface area contributed by atoms with Gasteiger partial charge >= 0.3 is 5.97 Å². The van der Waals surface area contributed by atoms with E-state index in [0.717, 1.165) is 28.2 Å². The maximum atomic E-state index is 13.1. The summed E-state index contributed by atoms with van der Waals surface area (Å²) < 4.78 is 16.3. The molecule has 2 aromatic carbocycles. The van der Waals surface area contributed by atoms with Crippen molar-refractivity contribution in [1.29, 1.82) is 0 Å². The molecule has 1 aliphatic heterocycles. The fraction of sp³-hybridized carbons (Fsp3) is 0.346. The molecule has 4 rings (SSSR count). The highest BCUT2D eigenvalue weighted by molar-refractivity contribution is 7.09. The second-order valence-corrected chi connectivity index (χ2v) is 9.33. The largest absolute Gasteiger partial charge is 0.479 e. The van der Waals surface area contributed by atoms with Gasteiger partial charge in [-0.15, -0.1) is 11.3 Å². The first-order chi connectivity index (χ1) is 16.4. The minimum absolute atomic E-state index is 0.140. The topological polar surface area (TPSA) is 78.0 Å². The maximum Gasteiger partial charge on any atom is 0.338 e. The number of hydrogen-bond donors (Lipinski definition) is 0. The van der Waals surface area contributed by atoms with Crippen LogP contribution in [0.15, 0.2) is 47.8 Å². The van der Waals surface area contributed by atoms with Crippen LogP contribution in [0.5, 0.6) is 5.75 Å². The van der Waals surface area contributed by atoms with Gasteiger partial charge in [-0.2, -0.15) is 0 Å². The number of anilines is 1. The fourth-order valence-electron chi connectivity index (χ4n) is 3.74. The first-order valence-corrected chi connectivity index (χ1v) is 12.1. The zero-order valence-corrected chi connectivity index (χ0v) is 20.6. The Labute approximate surface area is 203 Å². The van der Waals surface area contributed by atoms with Crippen molar-refractivity contribution in [2.45, 2.75) is 45.9 Å². The lowest BCUT2D eigenvalue weighted by molar-refractivity contribution is -0.125. The maximum absolute atomic E-state index is 13.1. The summed E-state index contributed by atoms with van der Waals surface area (Å²) in [5.74, 6) is 0.119. The van der Waals surface area contributed by atoms with Crippen LogP contribution in [0.1, 0.15) is 41.7 Å². The molecule has 1 aromatic heterocycles. The Morgan fingerprint density at radius 3 is 2.82 bits per heavy atom. The molecule has 0 saturated carbocycles. The van der Waals surface area contributed by atoms with Crippen molar-refractivity contribution in [2.75, 3.05) is 18.6 Å². The number of thiazole rings is 1. The van der Waals surface area contributed by atoms with E-state index in [2.05, 4.69) is 0 Å². The Bertz CT molecular complexity index is 1190. The van der Waals surface area contributed by atoms with E-state index in [0.29, 0.717) is 30.2 Å². The summed E-state index contributed by atoms with van der Waals surface area (Å²) in [7, 11) is 1.67. The van der Waals surface area contributed by atoms with Crippen molar-refractivity contribution >= 4 is 28.9 Å². The second-order valence-electron chi connectivity index (χ2n) is 8.39. The first kappa shape index (κ1) is 23.9. The van der Waals surface area contributed by atoms with Gasteiger partial charge in [0.15, 0.2) is 6.10 Å². The van der Waals surface area contributed by atoms with Gasteiger partial charge in [-0.1, -0.05) is 12.1 Å². The molecule has 0 spiro atoms. The molecule has 0 bridgehead atoms. The Kier molecular flexibility index (Phi) is 7.29. The monoisotopic (exact) mass is 480 g/mol. The molecule has 34 heavy (non-hydrogen) atoms. The van der Waals surface area contributed by atoms with Crippen LogP contribution in [0, 0.1) is 0 Å². The number of benzene rings is 2. The van der Waals surface area contributed by atoms with Crippen molar-refractivity contribution in [3.63, 3.8) is 0 Å². The van der Waals surface area contributed by atoms with Crippen molar-refractivity contribution in [1.82, 2.24) is 4.98 Å². The summed E-state index contributed by atoms with van der Waals surface area (Å²) in [6.07, 6.45) is -0.0522. The summed E-state index contributed by atoms with van der Waals surface area (Å²) >= 11 is 1.59. The molecule has 8 heteroatoms. The number of methoxy groups -OCH3 is 1. The highest BCUT2D eigenvalue weighted by Crippen LogP contribution is 2.38. The van der Waals surface area contributed by atoms with Crippen molar-refractivity contribution in [2.24, 2.45) is 0 Å². The molecule has 7 nitrogen and oxygen atoms in total.